The molecule has 3 aromatic carbocycles. The zero-order valence-electron chi connectivity index (χ0n) is 24.0. The maximum atomic E-state index is 13.0. The van der Waals surface area contributed by atoms with Crippen LogP contribution in [0.15, 0.2) is 66.7 Å². The lowest BCUT2D eigenvalue weighted by molar-refractivity contribution is 0.0664. The van der Waals surface area contributed by atoms with Gasteiger partial charge in [-0.05, 0) is 67.1 Å². The lowest BCUT2D eigenvalue weighted by Crippen LogP contribution is -2.47. The highest BCUT2D eigenvalue weighted by Crippen LogP contribution is 2.64. The summed E-state index contributed by atoms with van der Waals surface area (Å²) in [6.07, 6.45) is 1.49. The second kappa shape index (κ2) is 10.5. The number of fused-ring (bicyclic) bond motifs is 1. The molecule has 2 fully saturated rings. The van der Waals surface area contributed by atoms with Crippen LogP contribution in [0.25, 0.3) is 22.2 Å². The molecule has 0 radical (unpaired) electrons. The molecule has 4 unspecified atom stereocenters. The number of aromatic amines is 1. The van der Waals surface area contributed by atoms with Gasteiger partial charge in [0.2, 0.25) is 0 Å². The van der Waals surface area contributed by atoms with Gasteiger partial charge in [-0.25, -0.2) is 0 Å². The number of aliphatic hydroxyl groups excluding tert-OH is 1. The minimum absolute atomic E-state index is 0.0947. The number of hydrogen-bond acceptors (Lipinski definition) is 4. The monoisotopic (exact) mass is 536 g/mol. The number of hydrogen-bond donors (Lipinski definition) is 2. The molecule has 1 saturated carbocycles. The van der Waals surface area contributed by atoms with E-state index in [4.69, 9.17) is 0 Å². The molecule has 6 rings (SSSR count). The second-order valence-electron chi connectivity index (χ2n) is 12.0. The molecule has 2 N–H and O–H groups in total. The lowest BCUT2D eigenvalue weighted by Gasteiger charge is -2.32. The van der Waals surface area contributed by atoms with E-state index in [1.807, 2.05) is 29.2 Å². The van der Waals surface area contributed by atoms with Gasteiger partial charge in [-0.2, -0.15) is 5.10 Å². The smallest absolute Gasteiger partial charge is 0.253 e. The topological polar surface area (TPSA) is 72.5 Å². The zero-order valence-corrected chi connectivity index (χ0v) is 24.0. The molecule has 2 aliphatic rings. The molecule has 4 atom stereocenters. The van der Waals surface area contributed by atoms with Crippen molar-refractivity contribution in [2.24, 2.45) is 5.92 Å². The molecule has 6 nitrogen and oxygen atoms in total. The zero-order chi connectivity index (χ0) is 28.0. The molecule has 40 heavy (non-hydrogen) atoms. The molecular formula is C34H40N4O2. The summed E-state index contributed by atoms with van der Waals surface area (Å²) < 4.78 is 0. The summed E-state index contributed by atoms with van der Waals surface area (Å²) in [5, 5.41) is 20.6. The van der Waals surface area contributed by atoms with Gasteiger partial charge in [0.15, 0.2) is 0 Å². The van der Waals surface area contributed by atoms with Crippen molar-refractivity contribution in [3.63, 3.8) is 0 Å². The van der Waals surface area contributed by atoms with Crippen molar-refractivity contribution in [3.8, 4) is 11.3 Å². The van der Waals surface area contributed by atoms with Gasteiger partial charge < -0.3 is 14.9 Å². The van der Waals surface area contributed by atoms with E-state index >= 15 is 0 Å². The van der Waals surface area contributed by atoms with E-state index in [1.54, 1.807) is 0 Å². The fourth-order valence-electron chi connectivity index (χ4n) is 6.74. The predicted molar refractivity (Wildman–Crippen MR) is 161 cm³/mol. The van der Waals surface area contributed by atoms with E-state index in [0.717, 1.165) is 66.7 Å². The molecule has 1 aromatic heterocycles. The van der Waals surface area contributed by atoms with Crippen molar-refractivity contribution in [2.45, 2.75) is 51.0 Å². The van der Waals surface area contributed by atoms with Crippen LogP contribution in [0.3, 0.4) is 0 Å². The van der Waals surface area contributed by atoms with Crippen LogP contribution < -0.4 is 0 Å². The Labute approximate surface area is 237 Å². The standard InChI is InChI=1S/C34H40N4O2/c1-5-22(2)32(39)34(28-9-7-6-8-23(28)3)21-29(34)26-14-15-27-30(20-26)35-36-31(27)24-10-12-25(13-11-24)33(40)38-18-16-37(4)17-19-38/h6-15,20,22,29,32,39H,5,16-19,21H2,1-4H3,(H,35,36). The van der Waals surface area contributed by atoms with Crippen molar-refractivity contribution >= 4 is 16.8 Å². The Morgan fingerprint density at radius 2 is 1.80 bits per heavy atom. The van der Waals surface area contributed by atoms with Crippen LogP contribution in [0.1, 0.15) is 59.7 Å². The number of benzene rings is 3. The van der Waals surface area contributed by atoms with Crippen LogP contribution in [0.2, 0.25) is 0 Å². The second-order valence-corrected chi connectivity index (χ2v) is 12.0. The van der Waals surface area contributed by atoms with Crippen molar-refractivity contribution in [3.05, 3.63) is 89.0 Å². The van der Waals surface area contributed by atoms with Gasteiger partial charge in [0.05, 0.1) is 17.3 Å². The molecule has 4 aromatic rings. The third kappa shape index (κ3) is 4.53. The van der Waals surface area contributed by atoms with Gasteiger partial charge in [-0.3, -0.25) is 9.89 Å². The highest BCUT2D eigenvalue weighted by molar-refractivity contribution is 5.96. The summed E-state index contributed by atoms with van der Waals surface area (Å²) in [7, 11) is 2.09. The van der Waals surface area contributed by atoms with Crippen molar-refractivity contribution in [1.29, 1.82) is 0 Å². The van der Waals surface area contributed by atoms with Crippen LogP contribution in [0, 0.1) is 12.8 Å². The maximum absolute atomic E-state index is 13.0. The quantitative estimate of drug-likeness (QED) is 0.315. The third-order valence-electron chi connectivity index (χ3n) is 9.55. The minimum atomic E-state index is -0.399. The number of rotatable bonds is 7. The number of aryl methyl sites for hydroxylation is 1. The normalized spacial score (nSPS) is 22.8. The Morgan fingerprint density at radius 1 is 1.07 bits per heavy atom. The van der Waals surface area contributed by atoms with Crippen molar-refractivity contribution < 1.29 is 9.90 Å². The molecule has 208 valence electrons. The molecule has 6 heteroatoms. The summed E-state index contributed by atoms with van der Waals surface area (Å²) in [6, 6.07) is 22.9. The number of nitrogens with zero attached hydrogens (tertiary/aromatic N) is 3. The predicted octanol–water partition coefficient (Wildman–Crippen LogP) is 5.76. The number of aromatic nitrogens is 2. The minimum Gasteiger partial charge on any atom is -0.392 e. The molecule has 0 spiro atoms. The number of piperazine rings is 1. The fraction of sp³-hybridized carbons (Fsp3) is 0.412. The van der Waals surface area contributed by atoms with E-state index in [9.17, 15) is 9.90 Å². The number of H-pyrrole nitrogens is 1. The summed E-state index contributed by atoms with van der Waals surface area (Å²) >= 11 is 0. The van der Waals surface area contributed by atoms with Crippen LogP contribution in [0.4, 0.5) is 0 Å². The molecule has 1 amide bonds. The van der Waals surface area contributed by atoms with Gasteiger partial charge in [0.1, 0.15) is 0 Å². The molecular weight excluding hydrogens is 496 g/mol. The van der Waals surface area contributed by atoms with Crippen LogP contribution in [-0.2, 0) is 5.41 Å². The van der Waals surface area contributed by atoms with Crippen molar-refractivity contribution in [1.82, 2.24) is 20.0 Å². The molecule has 1 saturated heterocycles. The van der Waals surface area contributed by atoms with Gasteiger partial charge in [-0.15, -0.1) is 0 Å². The summed E-state index contributed by atoms with van der Waals surface area (Å²) in [6.45, 7) is 9.83. The molecule has 2 heterocycles. The number of nitrogens with one attached hydrogen (secondary N) is 1. The number of likely N-dealkylation sites (N-methyl/N-ethyl adjacent to an activating group) is 1. The average Bonchev–Trinajstić information content (AvgIpc) is 3.60. The highest BCUT2D eigenvalue weighted by Gasteiger charge is 2.61. The Kier molecular flexibility index (Phi) is 7.01. The first-order valence-electron chi connectivity index (χ1n) is 14.6. The third-order valence-corrected chi connectivity index (χ3v) is 9.55. The Morgan fingerprint density at radius 3 is 2.50 bits per heavy atom. The molecule has 1 aliphatic heterocycles. The lowest BCUT2D eigenvalue weighted by atomic mass is 9.78. The van der Waals surface area contributed by atoms with Crippen LogP contribution in [0.5, 0.6) is 0 Å². The van der Waals surface area contributed by atoms with E-state index in [0.29, 0.717) is 0 Å². The van der Waals surface area contributed by atoms with Crippen LogP contribution in [-0.4, -0.2) is 70.3 Å². The highest BCUT2D eigenvalue weighted by atomic mass is 16.3. The Hall–Kier alpha value is -3.48. The van der Waals surface area contributed by atoms with Gasteiger partial charge in [0.25, 0.3) is 5.91 Å². The summed E-state index contributed by atoms with van der Waals surface area (Å²) in [5.74, 6) is 0.573. The first kappa shape index (κ1) is 26.7. The largest absolute Gasteiger partial charge is 0.392 e. The van der Waals surface area contributed by atoms with Gasteiger partial charge in [0, 0.05) is 48.1 Å². The van der Waals surface area contributed by atoms with Gasteiger partial charge in [-0.1, -0.05) is 68.8 Å². The summed E-state index contributed by atoms with van der Waals surface area (Å²) in [5.41, 5.74) is 7.08. The Bertz CT molecular complexity index is 1520. The Balaban J connectivity index is 1.26. The SMILES string of the molecule is CCC(C)C(O)C1(c2ccccc2C)CC1c1ccc2c(-c3ccc(C(=O)N4CCN(C)CC4)cc3)n[nH]c2c1. The van der Waals surface area contributed by atoms with E-state index < -0.39 is 6.10 Å². The van der Waals surface area contributed by atoms with E-state index in [1.165, 1.54) is 16.7 Å². The first-order valence-corrected chi connectivity index (χ1v) is 14.6. The van der Waals surface area contributed by atoms with Crippen molar-refractivity contribution in [2.75, 3.05) is 33.2 Å². The number of aliphatic hydroxyl groups is 1. The first-order chi connectivity index (χ1) is 19.3. The molecule has 1 aliphatic carbocycles. The summed E-state index contributed by atoms with van der Waals surface area (Å²) in [4.78, 5) is 17.2. The van der Waals surface area contributed by atoms with E-state index in [-0.39, 0.29) is 23.2 Å². The average molecular weight is 537 g/mol. The maximum Gasteiger partial charge on any atom is 0.253 e. The number of carbonyl (C=O) groups excluding carboxylic acids is 1. The number of amides is 1. The number of carbonyl (C=O) groups is 1. The van der Waals surface area contributed by atoms with E-state index in [2.05, 4.69) is 85.4 Å². The van der Waals surface area contributed by atoms with Crippen LogP contribution >= 0.6 is 0 Å². The fourth-order valence-corrected chi connectivity index (χ4v) is 6.74. The van der Waals surface area contributed by atoms with Gasteiger partial charge >= 0.3 is 0 Å². The molecule has 0 bridgehead atoms.